The summed E-state index contributed by atoms with van der Waals surface area (Å²) in [5.41, 5.74) is 8.01. The van der Waals surface area contributed by atoms with Gasteiger partial charge in [-0.3, -0.25) is 4.79 Å². The van der Waals surface area contributed by atoms with Crippen molar-refractivity contribution in [1.29, 1.82) is 0 Å². The molecule has 6 heteroatoms. The first-order valence-electron chi connectivity index (χ1n) is 6.24. The molecule has 0 aliphatic rings. The number of nitrogen functional groups attached to an aromatic ring is 1. The Labute approximate surface area is 127 Å². The Morgan fingerprint density at radius 1 is 1.19 bits per heavy atom. The Bertz CT molecular complexity index is 735. The van der Waals surface area contributed by atoms with Crippen molar-refractivity contribution in [1.82, 2.24) is 4.98 Å². The summed E-state index contributed by atoms with van der Waals surface area (Å²) in [6, 6.07) is 4.65. The van der Waals surface area contributed by atoms with Crippen LogP contribution < -0.4 is 5.73 Å². The lowest BCUT2D eigenvalue weighted by Crippen LogP contribution is -2.12. The lowest BCUT2D eigenvalue weighted by atomic mass is 9.98. The van der Waals surface area contributed by atoms with Gasteiger partial charge in [-0.1, -0.05) is 11.6 Å². The molecule has 0 spiro atoms. The number of aryl methyl sites for hydroxylation is 2. The van der Waals surface area contributed by atoms with Crippen molar-refractivity contribution >= 4 is 29.0 Å². The van der Waals surface area contributed by atoms with Gasteiger partial charge in [0.05, 0.1) is 23.3 Å². The second-order valence-electron chi connectivity index (χ2n) is 4.68. The summed E-state index contributed by atoms with van der Waals surface area (Å²) >= 11 is 6.06. The van der Waals surface area contributed by atoms with E-state index < -0.39 is 5.97 Å². The van der Waals surface area contributed by atoms with Crippen LogP contribution >= 0.6 is 11.6 Å². The summed E-state index contributed by atoms with van der Waals surface area (Å²) in [5.74, 6) is -0.935. The Kier molecular flexibility index (Phi) is 4.04. The lowest BCUT2D eigenvalue weighted by molar-refractivity contribution is 0.0597. The third-order valence-corrected chi connectivity index (χ3v) is 3.56. The predicted octanol–water partition coefficient (Wildman–Crippen LogP) is 2.88. The normalized spacial score (nSPS) is 10.5. The van der Waals surface area contributed by atoms with Gasteiger partial charge in [0.25, 0.3) is 0 Å². The van der Waals surface area contributed by atoms with Crippen molar-refractivity contribution in [3.63, 3.8) is 0 Å². The Morgan fingerprint density at radius 2 is 1.81 bits per heavy atom. The van der Waals surface area contributed by atoms with Crippen molar-refractivity contribution in [3.05, 3.63) is 51.3 Å². The number of ether oxygens (including phenoxy) is 1. The van der Waals surface area contributed by atoms with E-state index in [0.717, 1.165) is 0 Å². The van der Waals surface area contributed by atoms with Crippen molar-refractivity contribution in [3.8, 4) is 0 Å². The van der Waals surface area contributed by atoms with E-state index >= 15 is 0 Å². The third kappa shape index (κ3) is 2.64. The van der Waals surface area contributed by atoms with Gasteiger partial charge in [-0.05, 0) is 32.0 Å². The van der Waals surface area contributed by atoms with Gasteiger partial charge < -0.3 is 15.5 Å². The van der Waals surface area contributed by atoms with Crippen LogP contribution in [0.2, 0.25) is 5.02 Å². The summed E-state index contributed by atoms with van der Waals surface area (Å²) in [5, 5.41) is 0.281. The molecule has 0 saturated carbocycles. The lowest BCUT2D eigenvalue weighted by Gasteiger charge is -2.07. The minimum atomic E-state index is -0.569. The molecule has 3 N–H and O–H groups in total. The van der Waals surface area contributed by atoms with Crippen LogP contribution in [0, 0.1) is 13.8 Å². The zero-order chi connectivity index (χ0) is 15.7. The topological polar surface area (TPSA) is 85.2 Å². The molecular weight excluding hydrogens is 292 g/mol. The van der Waals surface area contributed by atoms with Gasteiger partial charge >= 0.3 is 5.97 Å². The molecule has 21 heavy (non-hydrogen) atoms. The number of benzene rings is 1. The first-order valence-corrected chi connectivity index (χ1v) is 6.61. The predicted molar refractivity (Wildman–Crippen MR) is 80.9 cm³/mol. The summed E-state index contributed by atoms with van der Waals surface area (Å²) in [6.07, 6.45) is 0. The van der Waals surface area contributed by atoms with Crippen LogP contribution in [-0.4, -0.2) is 23.8 Å². The number of aromatic amines is 1. The van der Waals surface area contributed by atoms with Gasteiger partial charge in [0.1, 0.15) is 0 Å². The zero-order valence-corrected chi connectivity index (χ0v) is 12.7. The number of aromatic nitrogens is 1. The fourth-order valence-corrected chi connectivity index (χ4v) is 2.48. The molecule has 2 rings (SSSR count). The molecule has 0 radical (unpaired) electrons. The number of rotatable bonds is 3. The third-order valence-electron chi connectivity index (χ3n) is 3.23. The summed E-state index contributed by atoms with van der Waals surface area (Å²) in [4.78, 5) is 27.6. The molecule has 1 aromatic heterocycles. The number of anilines is 1. The highest BCUT2D eigenvalue weighted by molar-refractivity contribution is 6.35. The van der Waals surface area contributed by atoms with Crippen LogP contribution in [0.25, 0.3) is 0 Å². The maximum absolute atomic E-state index is 12.7. The quantitative estimate of drug-likeness (QED) is 0.519. The van der Waals surface area contributed by atoms with Gasteiger partial charge in [0.2, 0.25) is 0 Å². The van der Waals surface area contributed by atoms with E-state index in [9.17, 15) is 9.59 Å². The molecule has 1 aromatic carbocycles. The standard InChI is InChI=1S/C15H15ClN2O3/c1-7-12(13(8(2)18-7)15(20)21-3)14(19)10-6-9(17)4-5-11(10)16/h4-6,18H,17H2,1-3H3. The molecule has 0 unspecified atom stereocenters. The molecule has 5 nitrogen and oxygen atoms in total. The number of nitrogens with one attached hydrogen (secondary N) is 1. The van der Waals surface area contributed by atoms with Crippen LogP contribution in [-0.2, 0) is 4.74 Å². The minimum Gasteiger partial charge on any atom is -0.465 e. The smallest absolute Gasteiger partial charge is 0.340 e. The van der Waals surface area contributed by atoms with E-state index in [1.165, 1.54) is 13.2 Å². The van der Waals surface area contributed by atoms with Gasteiger partial charge in [-0.2, -0.15) is 0 Å². The zero-order valence-electron chi connectivity index (χ0n) is 11.9. The number of carbonyl (C=O) groups excluding carboxylic acids is 2. The van der Waals surface area contributed by atoms with E-state index in [4.69, 9.17) is 22.1 Å². The largest absolute Gasteiger partial charge is 0.465 e. The van der Waals surface area contributed by atoms with E-state index in [-0.39, 0.29) is 27.5 Å². The average molecular weight is 307 g/mol. The molecule has 2 aromatic rings. The number of H-pyrrole nitrogens is 1. The number of carbonyl (C=O) groups is 2. The van der Waals surface area contributed by atoms with Crippen molar-refractivity contribution in [2.45, 2.75) is 13.8 Å². The van der Waals surface area contributed by atoms with Gasteiger partial charge in [0, 0.05) is 22.6 Å². The first kappa shape index (κ1) is 15.1. The second-order valence-corrected chi connectivity index (χ2v) is 5.09. The molecule has 0 bridgehead atoms. The van der Waals surface area contributed by atoms with Crippen LogP contribution in [0.3, 0.4) is 0 Å². The molecule has 0 aliphatic heterocycles. The van der Waals surface area contributed by atoms with Crippen molar-refractivity contribution in [2.24, 2.45) is 0 Å². The fourth-order valence-electron chi connectivity index (χ4n) is 2.27. The van der Waals surface area contributed by atoms with Crippen LogP contribution in [0.4, 0.5) is 5.69 Å². The number of halogens is 1. The number of ketones is 1. The fraction of sp³-hybridized carbons (Fsp3) is 0.200. The van der Waals surface area contributed by atoms with Crippen LogP contribution in [0.5, 0.6) is 0 Å². The SMILES string of the molecule is COC(=O)c1c(C)[nH]c(C)c1C(=O)c1cc(N)ccc1Cl. The van der Waals surface area contributed by atoms with Crippen LogP contribution in [0.1, 0.15) is 37.7 Å². The monoisotopic (exact) mass is 306 g/mol. The molecular formula is C15H15ClN2O3. The van der Waals surface area contributed by atoms with Gasteiger partial charge in [-0.25, -0.2) is 4.79 Å². The van der Waals surface area contributed by atoms with E-state index in [0.29, 0.717) is 17.1 Å². The molecule has 0 atom stereocenters. The maximum atomic E-state index is 12.7. The number of hydrogen-bond donors (Lipinski definition) is 2. The van der Waals surface area contributed by atoms with Crippen molar-refractivity contribution in [2.75, 3.05) is 12.8 Å². The molecule has 110 valence electrons. The first-order chi connectivity index (χ1) is 9.86. The van der Waals surface area contributed by atoms with E-state index in [1.54, 1.807) is 26.0 Å². The molecule has 1 heterocycles. The second kappa shape index (κ2) is 5.61. The minimum absolute atomic E-state index is 0.221. The molecule has 0 saturated heterocycles. The van der Waals surface area contributed by atoms with Gasteiger partial charge in [-0.15, -0.1) is 0 Å². The number of esters is 1. The molecule has 0 amide bonds. The van der Waals surface area contributed by atoms with E-state index in [2.05, 4.69) is 4.98 Å². The number of methoxy groups -OCH3 is 1. The maximum Gasteiger partial charge on any atom is 0.340 e. The summed E-state index contributed by atoms with van der Waals surface area (Å²) < 4.78 is 4.74. The molecule has 0 aliphatic carbocycles. The summed E-state index contributed by atoms with van der Waals surface area (Å²) in [6.45, 7) is 3.42. The van der Waals surface area contributed by atoms with Crippen LogP contribution in [0.15, 0.2) is 18.2 Å². The molecule has 0 fully saturated rings. The Hall–Kier alpha value is -2.27. The highest BCUT2D eigenvalue weighted by atomic mass is 35.5. The average Bonchev–Trinajstić information content (AvgIpc) is 2.74. The Morgan fingerprint density at radius 3 is 2.43 bits per heavy atom. The van der Waals surface area contributed by atoms with E-state index in [1.807, 2.05) is 0 Å². The number of hydrogen-bond acceptors (Lipinski definition) is 4. The summed E-state index contributed by atoms with van der Waals surface area (Å²) in [7, 11) is 1.27. The highest BCUT2D eigenvalue weighted by Gasteiger charge is 2.26. The van der Waals surface area contributed by atoms with Gasteiger partial charge in [0.15, 0.2) is 5.78 Å². The van der Waals surface area contributed by atoms with Crippen molar-refractivity contribution < 1.29 is 14.3 Å². The highest BCUT2D eigenvalue weighted by Crippen LogP contribution is 2.27. The Balaban J connectivity index is 2.64. The number of nitrogens with two attached hydrogens (primary N) is 1.